The topological polar surface area (TPSA) is 3.88 Å². The molecule has 0 unspecified atom stereocenters. The van der Waals surface area contributed by atoms with Crippen molar-refractivity contribution in [1.82, 2.24) is 0 Å². The van der Waals surface area contributed by atoms with Crippen molar-refractivity contribution in [2.45, 2.75) is 71.1 Å². The van der Waals surface area contributed by atoms with Crippen molar-refractivity contribution in [3.8, 4) is 22.4 Å². The maximum absolute atomic E-state index is 9.51. The van der Waals surface area contributed by atoms with E-state index >= 15 is 0 Å². The maximum atomic E-state index is 9.51. The Morgan fingerprint density at radius 1 is 0.824 bits per heavy atom. The van der Waals surface area contributed by atoms with Crippen LogP contribution in [-0.2, 0) is 12.5 Å². The zero-order valence-corrected chi connectivity index (χ0v) is 21.4. The van der Waals surface area contributed by atoms with E-state index in [1.165, 1.54) is 56.3 Å². The Labute approximate surface area is 206 Å². The minimum absolute atomic E-state index is 0.134. The third-order valence-electron chi connectivity index (χ3n) is 7.55. The van der Waals surface area contributed by atoms with Gasteiger partial charge in [-0.2, -0.15) is 0 Å². The number of hydrogen-bond donors (Lipinski definition) is 0. The van der Waals surface area contributed by atoms with Gasteiger partial charge >= 0.3 is 0 Å². The molecule has 1 nitrogen and oxygen atoms in total. The van der Waals surface area contributed by atoms with Gasteiger partial charge in [-0.1, -0.05) is 88.6 Å². The van der Waals surface area contributed by atoms with E-state index in [4.69, 9.17) is 0 Å². The molecule has 0 radical (unpaired) electrons. The molecule has 1 aromatic heterocycles. The first kappa shape index (κ1) is 21.6. The molecular formula is C33H38N+. The van der Waals surface area contributed by atoms with E-state index in [0.717, 1.165) is 25.7 Å². The molecule has 4 aromatic rings. The second-order valence-corrected chi connectivity index (χ2v) is 11.1. The SMILES string of the molecule is [2H]C1(c2c[n+](C)c(-c3ccccc3C)cc2-c2ccc3cc(C(C)(C)C)ccc3c2)CCCCC1. The van der Waals surface area contributed by atoms with E-state index in [1.807, 2.05) is 0 Å². The lowest BCUT2D eigenvalue weighted by molar-refractivity contribution is -0.660. The molecule has 1 heteroatoms. The van der Waals surface area contributed by atoms with Gasteiger partial charge in [0.2, 0.25) is 5.69 Å². The third-order valence-corrected chi connectivity index (χ3v) is 7.55. The molecule has 1 aliphatic rings. The molecule has 1 fully saturated rings. The summed E-state index contributed by atoms with van der Waals surface area (Å²) < 4.78 is 11.8. The Morgan fingerprint density at radius 3 is 2.26 bits per heavy atom. The molecule has 0 amide bonds. The van der Waals surface area contributed by atoms with Crippen LogP contribution in [-0.4, -0.2) is 0 Å². The second-order valence-electron chi connectivity index (χ2n) is 11.1. The number of aromatic nitrogens is 1. The number of hydrogen-bond acceptors (Lipinski definition) is 0. The van der Waals surface area contributed by atoms with Crippen LogP contribution in [0, 0.1) is 6.92 Å². The van der Waals surface area contributed by atoms with Crippen molar-refractivity contribution in [3.05, 3.63) is 89.6 Å². The maximum Gasteiger partial charge on any atom is 0.213 e. The van der Waals surface area contributed by atoms with Crippen LogP contribution in [0.4, 0.5) is 0 Å². The number of benzene rings is 3. The monoisotopic (exact) mass is 449 g/mol. The highest BCUT2D eigenvalue weighted by atomic mass is 14.9. The van der Waals surface area contributed by atoms with E-state index in [0.29, 0.717) is 0 Å². The van der Waals surface area contributed by atoms with E-state index in [1.54, 1.807) is 0 Å². The number of aryl methyl sites for hydroxylation is 2. The number of rotatable bonds is 3. The summed E-state index contributed by atoms with van der Waals surface area (Å²) in [6.07, 6.45) is 7.65. The fraction of sp³-hybridized carbons (Fsp3) is 0.364. The minimum atomic E-state index is -0.527. The zero-order chi connectivity index (χ0) is 24.8. The van der Waals surface area contributed by atoms with E-state index in [9.17, 15) is 1.37 Å². The molecule has 3 aromatic carbocycles. The third kappa shape index (κ3) is 4.41. The van der Waals surface area contributed by atoms with Gasteiger partial charge in [0, 0.05) is 18.6 Å². The molecular weight excluding hydrogens is 410 g/mol. The second kappa shape index (κ2) is 9.02. The molecule has 0 atom stereocenters. The number of nitrogens with zero attached hydrogens (tertiary/aromatic N) is 1. The molecule has 1 saturated carbocycles. The lowest BCUT2D eigenvalue weighted by Gasteiger charge is -2.24. The van der Waals surface area contributed by atoms with Gasteiger partial charge in [-0.15, -0.1) is 0 Å². The predicted octanol–water partition coefficient (Wildman–Crippen LogP) is 8.65. The Hall–Kier alpha value is -2.93. The van der Waals surface area contributed by atoms with Crippen molar-refractivity contribution in [1.29, 1.82) is 0 Å². The van der Waals surface area contributed by atoms with Gasteiger partial charge in [-0.3, -0.25) is 0 Å². The molecule has 174 valence electrons. The van der Waals surface area contributed by atoms with Crippen LogP contribution in [0.2, 0.25) is 0 Å². The summed E-state index contributed by atoms with van der Waals surface area (Å²) in [5.74, 6) is -0.527. The van der Waals surface area contributed by atoms with Crippen LogP contribution < -0.4 is 4.57 Å². The van der Waals surface area contributed by atoms with Gasteiger partial charge in [0.25, 0.3) is 0 Å². The smallest absolute Gasteiger partial charge is 0.201 e. The quantitative estimate of drug-likeness (QED) is 0.275. The van der Waals surface area contributed by atoms with E-state index in [-0.39, 0.29) is 5.41 Å². The minimum Gasteiger partial charge on any atom is -0.201 e. The highest BCUT2D eigenvalue weighted by Gasteiger charge is 2.25. The normalized spacial score (nSPS) is 16.4. The van der Waals surface area contributed by atoms with Crippen molar-refractivity contribution >= 4 is 10.8 Å². The molecule has 1 heterocycles. The Morgan fingerprint density at radius 2 is 1.53 bits per heavy atom. The Balaban J connectivity index is 1.72. The largest absolute Gasteiger partial charge is 0.213 e. The van der Waals surface area contributed by atoms with Crippen LogP contribution >= 0.6 is 0 Å². The van der Waals surface area contributed by atoms with Gasteiger partial charge in [0.05, 0.1) is 0 Å². The highest BCUT2D eigenvalue weighted by molar-refractivity contribution is 5.89. The Bertz CT molecular complexity index is 1390. The molecule has 1 aliphatic carbocycles. The lowest BCUT2D eigenvalue weighted by Crippen LogP contribution is -2.32. The van der Waals surface area contributed by atoms with Crippen molar-refractivity contribution in [3.63, 3.8) is 0 Å². The number of pyridine rings is 1. The van der Waals surface area contributed by atoms with E-state index in [2.05, 4.69) is 112 Å². The van der Waals surface area contributed by atoms with Crippen LogP contribution in [0.15, 0.2) is 72.9 Å². The first-order valence-corrected chi connectivity index (χ1v) is 12.8. The van der Waals surface area contributed by atoms with Gasteiger partial charge < -0.3 is 0 Å². The number of fused-ring (bicyclic) bond motifs is 1. The van der Waals surface area contributed by atoms with Crippen LogP contribution in [0.25, 0.3) is 33.2 Å². The molecule has 0 spiro atoms. The molecule has 0 saturated heterocycles. The van der Waals surface area contributed by atoms with Crippen molar-refractivity contribution in [2.24, 2.45) is 7.05 Å². The van der Waals surface area contributed by atoms with Crippen LogP contribution in [0.1, 0.15) is 76.8 Å². The van der Waals surface area contributed by atoms with E-state index < -0.39 is 5.89 Å². The first-order chi connectivity index (χ1) is 16.7. The van der Waals surface area contributed by atoms with Crippen molar-refractivity contribution < 1.29 is 5.94 Å². The summed E-state index contributed by atoms with van der Waals surface area (Å²) in [5, 5.41) is 2.54. The van der Waals surface area contributed by atoms with Gasteiger partial charge in [0.1, 0.15) is 7.05 Å². The standard InChI is InChI=1S/C33H38N/c1-23-11-9-10-14-29(23)32-21-30(31(22-34(32)5)24-12-7-6-8-13-24)27-16-15-26-20-28(33(2,3)4)18-17-25(26)19-27/h9-11,14-22,24H,6-8,12-13H2,1-5H3/q+1/i24D. The summed E-state index contributed by atoms with van der Waals surface area (Å²) in [5.41, 5.74) is 8.81. The average Bonchev–Trinajstić information content (AvgIpc) is 2.84. The fourth-order valence-corrected chi connectivity index (χ4v) is 5.43. The average molecular weight is 450 g/mol. The van der Waals surface area contributed by atoms with Crippen molar-refractivity contribution in [2.75, 3.05) is 0 Å². The summed E-state index contributed by atoms with van der Waals surface area (Å²) in [7, 11) is 2.13. The molecule has 0 N–H and O–H groups in total. The molecule has 0 aliphatic heterocycles. The molecule has 5 rings (SSSR count). The summed E-state index contributed by atoms with van der Waals surface area (Å²) >= 11 is 0. The first-order valence-electron chi connectivity index (χ1n) is 13.3. The Kier molecular flexibility index (Phi) is 5.73. The summed E-state index contributed by atoms with van der Waals surface area (Å²) in [6, 6.07) is 24.7. The zero-order valence-electron chi connectivity index (χ0n) is 22.4. The predicted molar refractivity (Wildman–Crippen MR) is 145 cm³/mol. The van der Waals surface area contributed by atoms with Crippen LogP contribution in [0.3, 0.4) is 0 Å². The van der Waals surface area contributed by atoms with Crippen LogP contribution in [0.5, 0.6) is 0 Å². The van der Waals surface area contributed by atoms with Gasteiger partial charge in [-0.25, -0.2) is 4.57 Å². The van der Waals surface area contributed by atoms with Gasteiger partial charge in [-0.05, 0) is 76.2 Å². The highest BCUT2D eigenvalue weighted by Crippen LogP contribution is 2.40. The fourth-order valence-electron chi connectivity index (χ4n) is 5.43. The lowest BCUT2D eigenvalue weighted by atomic mass is 9.80. The molecule has 34 heavy (non-hydrogen) atoms. The summed E-state index contributed by atoms with van der Waals surface area (Å²) in [6.45, 7) is 8.98. The molecule has 0 bridgehead atoms. The van der Waals surface area contributed by atoms with Gasteiger partial charge in [0.15, 0.2) is 6.20 Å². The summed E-state index contributed by atoms with van der Waals surface area (Å²) in [4.78, 5) is 0.